The van der Waals surface area contributed by atoms with Crippen molar-refractivity contribution in [2.45, 2.75) is 43.3 Å². The lowest BCUT2D eigenvalue weighted by molar-refractivity contribution is -0.139. The number of halogens is 4. The molecule has 1 aromatic carbocycles. The predicted molar refractivity (Wildman–Crippen MR) is 86.5 cm³/mol. The van der Waals surface area contributed by atoms with Crippen LogP contribution in [0.2, 0.25) is 5.02 Å². The van der Waals surface area contributed by atoms with E-state index in [1.54, 1.807) is 6.92 Å². The number of rotatable bonds is 5. The molecule has 24 heavy (non-hydrogen) atoms. The number of piperidine rings is 1. The Balaban J connectivity index is 2.51. The third kappa shape index (κ3) is 4.22. The van der Waals surface area contributed by atoms with Crippen LogP contribution in [0.25, 0.3) is 0 Å². The largest absolute Gasteiger partial charge is 0.417 e. The maximum absolute atomic E-state index is 13.3. The van der Waals surface area contributed by atoms with Gasteiger partial charge in [0.05, 0.1) is 10.5 Å². The van der Waals surface area contributed by atoms with Crippen LogP contribution < -0.4 is 5.32 Å². The van der Waals surface area contributed by atoms with E-state index in [9.17, 15) is 21.6 Å². The standard InChI is InChI=1S/C15H20ClF3N2O2S/c1-2-9-21(12-5-7-20-8-6-12)24(22,23)14-4-3-11(16)10-13(14)15(17,18)19/h3-4,10,12,20H,2,5-9H2,1H3. The van der Waals surface area contributed by atoms with Crippen molar-refractivity contribution in [3.05, 3.63) is 28.8 Å². The van der Waals surface area contributed by atoms with Gasteiger partial charge in [0.1, 0.15) is 0 Å². The van der Waals surface area contributed by atoms with Gasteiger partial charge in [-0.1, -0.05) is 18.5 Å². The van der Waals surface area contributed by atoms with Crippen LogP contribution in [0.4, 0.5) is 13.2 Å². The lowest BCUT2D eigenvalue weighted by Gasteiger charge is -2.34. The van der Waals surface area contributed by atoms with E-state index < -0.39 is 26.7 Å². The summed E-state index contributed by atoms with van der Waals surface area (Å²) < 4.78 is 67.0. The van der Waals surface area contributed by atoms with Gasteiger partial charge in [-0.2, -0.15) is 17.5 Å². The topological polar surface area (TPSA) is 49.4 Å². The summed E-state index contributed by atoms with van der Waals surface area (Å²) in [6.07, 6.45) is -3.11. The van der Waals surface area contributed by atoms with Crippen LogP contribution in [-0.2, 0) is 16.2 Å². The third-order valence-corrected chi connectivity index (χ3v) is 6.24. The quantitative estimate of drug-likeness (QED) is 0.845. The van der Waals surface area contributed by atoms with Crippen molar-refractivity contribution < 1.29 is 21.6 Å². The van der Waals surface area contributed by atoms with Gasteiger partial charge in [0.25, 0.3) is 0 Å². The fourth-order valence-electron chi connectivity index (χ4n) is 2.89. The molecule has 4 nitrogen and oxygen atoms in total. The van der Waals surface area contributed by atoms with E-state index in [-0.39, 0.29) is 17.6 Å². The lowest BCUT2D eigenvalue weighted by Crippen LogP contribution is -2.46. The summed E-state index contributed by atoms with van der Waals surface area (Å²) in [5.41, 5.74) is -1.22. The van der Waals surface area contributed by atoms with Gasteiger partial charge in [-0.25, -0.2) is 8.42 Å². The minimum atomic E-state index is -4.79. The van der Waals surface area contributed by atoms with Crippen molar-refractivity contribution >= 4 is 21.6 Å². The Morgan fingerprint density at radius 3 is 2.46 bits per heavy atom. The summed E-state index contributed by atoms with van der Waals surface area (Å²) in [6.45, 7) is 3.28. The number of nitrogens with one attached hydrogen (secondary N) is 1. The molecule has 1 saturated heterocycles. The minimum absolute atomic E-state index is 0.148. The molecule has 1 aliphatic rings. The summed E-state index contributed by atoms with van der Waals surface area (Å²) in [7, 11) is -4.27. The molecule has 0 bridgehead atoms. The molecule has 2 rings (SSSR count). The second-order valence-corrected chi connectivity index (χ2v) is 8.03. The van der Waals surface area contributed by atoms with Crippen molar-refractivity contribution in [2.24, 2.45) is 0 Å². The Labute approximate surface area is 145 Å². The van der Waals surface area contributed by atoms with Gasteiger partial charge >= 0.3 is 6.18 Å². The van der Waals surface area contributed by atoms with Crippen LogP contribution in [-0.4, -0.2) is 38.4 Å². The van der Waals surface area contributed by atoms with E-state index >= 15 is 0 Å². The number of alkyl halides is 3. The van der Waals surface area contributed by atoms with E-state index in [2.05, 4.69) is 5.32 Å². The molecule has 0 aromatic heterocycles. The van der Waals surface area contributed by atoms with Gasteiger partial charge < -0.3 is 5.32 Å². The highest BCUT2D eigenvalue weighted by atomic mass is 35.5. The molecule has 0 spiro atoms. The van der Waals surface area contributed by atoms with Crippen molar-refractivity contribution in [3.8, 4) is 0 Å². The van der Waals surface area contributed by atoms with Crippen molar-refractivity contribution in [1.29, 1.82) is 0 Å². The first kappa shape index (κ1) is 19.5. The fraction of sp³-hybridized carbons (Fsp3) is 0.600. The highest BCUT2D eigenvalue weighted by Crippen LogP contribution is 2.37. The maximum atomic E-state index is 13.3. The Morgan fingerprint density at radius 2 is 1.92 bits per heavy atom. The summed E-state index contributed by atoms with van der Waals surface area (Å²) in [6, 6.07) is 2.49. The molecule has 0 aliphatic carbocycles. The molecule has 0 unspecified atom stereocenters. The Hall–Kier alpha value is -0.830. The van der Waals surface area contributed by atoms with Crippen molar-refractivity contribution in [2.75, 3.05) is 19.6 Å². The van der Waals surface area contributed by atoms with Crippen LogP contribution in [0.5, 0.6) is 0 Å². The molecule has 0 radical (unpaired) electrons. The van der Waals surface area contributed by atoms with E-state index in [4.69, 9.17) is 11.6 Å². The third-order valence-electron chi connectivity index (χ3n) is 3.99. The van der Waals surface area contributed by atoms with E-state index in [1.807, 2.05) is 0 Å². The van der Waals surface area contributed by atoms with Gasteiger partial charge in [-0.15, -0.1) is 0 Å². The normalized spacial score (nSPS) is 17.4. The molecule has 136 valence electrons. The van der Waals surface area contributed by atoms with Crippen LogP contribution >= 0.6 is 11.6 Å². The van der Waals surface area contributed by atoms with E-state index in [1.165, 1.54) is 10.4 Å². The monoisotopic (exact) mass is 384 g/mol. The van der Waals surface area contributed by atoms with Gasteiger partial charge in [0.2, 0.25) is 10.0 Å². The Morgan fingerprint density at radius 1 is 1.29 bits per heavy atom. The summed E-state index contributed by atoms with van der Waals surface area (Å²) in [4.78, 5) is -0.730. The molecule has 9 heteroatoms. The lowest BCUT2D eigenvalue weighted by atomic mass is 10.1. The van der Waals surface area contributed by atoms with Crippen LogP contribution in [0.1, 0.15) is 31.7 Å². The molecular weight excluding hydrogens is 365 g/mol. The highest BCUT2D eigenvalue weighted by Gasteiger charge is 2.40. The summed E-state index contributed by atoms with van der Waals surface area (Å²) >= 11 is 5.65. The molecule has 1 heterocycles. The Kier molecular flexibility index (Phi) is 6.17. The molecule has 0 saturated carbocycles. The summed E-state index contributed by atoms with van der Waals surface area (Å²) in [5, 5.41) is 2.98. The van der Waals surface area contributed by atoms with Crippen LogP contribution in [0.15, 0.2) is 23.1 Å². The smallest absolute Gasteiger partial charge is 0.317 e. The van der Waals surface area contributed by atoms with E-state index in [0.29, 0.717) is 38.4 Å². The van der Waals surface area contributed by atoms with Crippen molar-refractivity contribution in [1.82, 2.24) is 9.62 Å². The first-order valence-corrected chi connectivity index (χ1v) is 9.59. The average Bonchev–Trinajstić information content (AvgIpc) is 2.52. The predicted octanol–water partition coefficient (Wildman–Crippen LogP) is 3.51. The SMILES string of the molecule is CCCN(C1CCNCC1)S(=O)(=O)c1ccc(Cl)cc1C(F)(F)F. The molecule has 1 aromatic rings. The van der Waals surface area contributed by atoms with Gasteiger partial charge in [-0.05, 0) is 50.6 Å². The zero-order valence-corrected chi connectivity index (χ0v) is 14.8. The molecule has 1 fully saturated rings. The Bertz CT molecular complexity index is 674. The number of hydrogen-bond acceptors (Lipinski definition) is 3. The zero-order chi connectivity index (χ0) is 18.0. The molecule has 0 amide bonds. The maximum Gasteiger partial charge on any atom is 0.417 e. The number of sulfonamides is 1. The van der Waals surface area contributed by atoms with E-state index in [0.717, 1.165) is 6.07 Å². The molecular formula is C15H20ClF3N2O2S. The molecule has 0 atom stereocenters. The second-order valence-electron chi connectivity index (χ2n) is 5.74. The van der Waals surface area contributed by atoms with Gasteiger partial charge in [-0.3, -0.25) is 0 Å². The average molecular weight is 385 g/mol. The number of benzene rings is 1. The fourth-order valence-corrected chi connectivity index (χ4v) is 5.03. The van der Waals surface area contributed by atoms with Gasteiger partial charge in [0.15, 0.2) is 0 Å². The number of nitrogens with zero attached hydrogens (tertiary/aromatic N) is 1. The van der Waals surface area contributed by atoms with Crippen LogP contribution in [0.3, 0.4) is 0 Å². The minimum Gasteiger partial charge on any atom is -0.317 e. The van der Waals surface area contributed by atoms with Crippen molar-refractivity contribution in [3.63, 3.8) is 0 Å². The number of hydrogen-bond donors (Lipinski definition) is 1. The second kappa shape index (κ2) is 7.59. The van der Waals surface area contributed by atoms with Gasteiger partial charge in [0, 0.05) is 17.6 Å². The van der Waals surface area contributed by atoms with Crippen LogP contribution in [0, 0.1) is 0 Å². The molecule has 1 aliphatic heterocycles. The highest BCUT2D eigenvalue weighted by molar-refractivity contribution is 7.89. The first-order chi connectivity index (χ1) is 11.2. The molecule has 1 N–H and O–H groups in total. The zero-order valence-electron chi connectivity index (χ0n) is 13.2. The first-order valence-electron chi connectivity index (χ1n) is 7.77. The summed E-state index contributed by atoms with van der Waals surface area (Å²) in [5.74, 6) is 0.